The topological polar surface area (TPSA) is 40.5 Å². The summed E-state index contributed by atoms with van der Waals surface area (Å²) in [6.07, 6.45) is 2.21. The van der Waals surface area contributed by atoms with Crippen LogP contribution in [0.15, 0.2) is 18.4 Å². The monoisotopic (exact) mass is 164 g/mol. The first kappa shape index (κ1) is 9.59. The average Bonchev–Trinajstić information content (AvgIpc) is 2.28. The summed E-state index contributed by atoms with van der Waals surface area (Å²) < 4.78 is 0. The summed E-state index contributed by atoms with van der Waals surface area (Å²) in [4.78, 5) is 0. The molecule has 0 spiro atoms. The molecule has 0 aromatic rings. The maximum absolute atomic E-state index is 9.60. The summed E-state index contributed by atoms with van der Waals surface area (Å²) in [6, 6.07) is 0. The predicted molar refractivity (Wildman–Crippen MR) is 48.0 cm³/mol. The molecule has 0 aromatic carbocycles. The molecule has 1 saturated carbocycles. The molecule has 0 unspecified atom stereocenters. The van der Waals surface area contributed by atoms with Crippen molar-refractivity contribution < 1.29 is 10.2 Å². The maximum atomic E-state index is 9.60. The zero-order chi connectivity index (χ0) is 9.19. The molecule has 2 N–H and O–H groups in total. The molecule has 3 atom stereocenters. The number of hydrogen-bond acceptors (Lipinski definition) is 2. The number of aliphatic hydroxyl groups is 2. The summed E-state index contributed by atoms with van der Waals surface area (Å²) >= 11 is 0. The van der Waals surface area contributed by atoms with Gasteiger partial charge in [-0.2, -0.15) is 0 Å². The first-order valence-corrected chi connectivity index (χ1v) is 4.06. The molecule has 1 fully saturated rings. The molecule has 0 saturated heterocycles. The highest BCUT2D eigenvalue weighted by Gasteiger charge is 2.42. The van der Waals surface area contributed by atoms with E-state index in [1.807, 2.05) is 0 Å². The van der Waals surface area contributed by atoms with Gasteiger partial charge < -0.3 is 10.2 Å². The molecule has 1 aliphatic rings. The van der Waals surface area contributed by atoms with Crippen molar-refractivity contribution in [2.24, 2.45) is 5.41 Å². The fourth-order valence-corrected chi connectivity index (χ4v) is 1.80. The molecule has 2 nitrogen and oxygen atoms in total. The van der Waals surface area contributed by atoms with Gasteiger partial charge in [0.1, 0.15) is 0 Å². The van der Waals surface area contributed by atoms with E-state index in [2.05, 4.69) is 12.3 Å². The molecule has 3 heteroatoms. The molecular formula is C9H13BO2. The largest absolute Gasteiger partial charge is 0.395 e. The van der Waals surface area contributed by atoms with Crippen LogP contribution in [0.5, 0.6) is 0 Å². The second kappa shape index (κ2) is 3.48. The molecule has 64 valence electrons. The second-order valence-corrected chi connectivity index (χ2v) is 3.46. The molecule has 2 radical (unpaired) electrons. The van der Waals surface area contributed by atoms with Crippen LogP contribution >= 0.6 is 0 Å². The molecule has 1 aliphatic carbocycles. The highest BCUT2D eigenvalue weighted by atomic mass is 16.3. The van der Waals surface area contributed by atoms with Gasteiger partial charge >= 0.3 is 0 Å². The number of rotatable bonds is 2. The van der Waals surface area contributed by atoms with Gasteiger partial charge in [0.05, 0.1) is 20.6 Å². The minimum Gasteiger partial charge on any atom is -0.395 e. The fourth-order valence-electron chi connectivity index (χ4n) is 1.80. The van der Waals surface area contributed by atoms with Gasteiger partial charge in [0, 0.05) is 5.41 Å². The van der Waals surface area contributed by atoms with Crippen molar-refractivity contribution in [3.8, 4) is 0 Å². The summed E-state index contributed by atoms with van der Waals surface area (Å²) in [6.45, 7) is 3.34. The van der Waals surface area contributed by atoms with Crippen molar-refractivity contribution in [2.75, 3.05) is 6.61 Å². The maximum Gasteiger partial charge on any atom is 0.0701 e. The highest BCUT2D eigenvalue weighted by molar-refractivity contribution is 6.11. The van der Waals surface area contributed by atoms with Crippen LogP contribution in [-0.2, 0) is 0 Å². The molecule has 0 aliphatic heterocycles. The fraction of sp³-hybridized carbons (Fsp3) is 0.667. The van der Waals surface area contributed by atoms with Crippen molar-refractivity contribution in [3.63, 3.8) is 0 Å². The standard InChI is InChI=1S/C9H13BO2/c1-2-3-9(6-11)5-7(10)4-8(9)12/h3,7-8,11-12H,1,4-6H2/t7-,8+,9+/m0/s1. The van der Waals surface area contributed by atoms with E-state index < -0.39 is 11.5 Å². The molecule has 12 heavy (non-hydrogen) atoms. The van der Waals surface area contributed by atoms with Crippen LogP contribution in [0.1, 0.15) is 12.8 Å². The SMILES string of the molecule is [B][C@H]1C[C@@H](O)[C@@](C=C=C)(CO)C1. The second-order valence-electron chi connectivity index (χ2n) is 3.46. The minimum absolute atomic E-state index is 0.0308. The van der Waals surface area contributed by atoms with Crippen molar-refractivity contribution in [1.82, 2.24) is 0 Å². The predicted octanol–water partition coefficient (Wildman–Crippen LogP) is 0.418. The van der Waals surface area contributed by atoms with Gasteiger partial charge in [-0.05, 0) is 18.9 Å². The molecular weight excluding hydrogens is 151 g/mol. The van der Waals surface area contributed by atoms with E-state index in [4.69, 9.17) is 13.0 Å². The summed E-state index contributed by atoms with van der Waals surface area (Å²) in [5.74, 6) is -0.0308. The Labute approximate surface area is 74.0 Å². The molecule has 0 heterocycles. The lowest BCUT2D eigenvalue weighted by atomic mass is 9.80. The van der Waals surface area contributed by atoms with Gasteiger partial charge in [-0.3, -0.25) is 0 Å². The summed E-state index contributed by atoms with van der Waals surface area (Å²) in [5, 5.41) is 18.7. The van der Waals surface area contributed by atoms with E-state index in [9.17, 15) is 5.11 Å². The third-order valence-corrected chi connectivity index (χ3v) is 2.52. The van der Waals surface area contributed by atoms with Crippen LogP contribution in [0, 0.1) is 5.41 Å². The van der Waals surface area contributed by atoms with E-state index in [-0.39, 0.29) is 12.4 Å². The first-order valence-electron chi connectivity index (χ1n) is 4.06. The normalized spacial score (nSPS) is 40.8. The number of hydrogen-bond donors (Lipinski definition) is 2. The van der Waals surface area contributed by atoms with Gasteiger partial charge in [-0.15, -0.1) is 5.73 Å². The van der Waals surface area contributed by atoms with Crippen molar-refractivity contribution >= 4 is 7.85 Å². The molecule has 1 rings (SSSR count). The van der Waals surface area contributed by atoms with Crippen LogP contribution in [-0.4, -0.2) is 30.8 Å². The summed E-state index contributed by atoms with van der Waals surface area (Å²) in [7, 11) is 5.67. The van der Waals surface area contributed by atoms with Crippen molar-refractivity contribution in [1.29, 1.82) is 0 Å². The Bertz CT molecular complexity index is 211. The van der Waals surface area contributed by atoms with Gasteiger partial charge in [0.2, 0.25) is 0 Å². The Morgan fingerprint density at radius 2 is 2.42 bits per heavy atom. The highest BCUT2D eigenvalue weighted by Crippen LogP contribution is 2.44. The first-order chi connectivity index (χ1) is 5.64. The Kier molecular flexibility index (Phi) is 2.78. The quantitative estimate of drug-likeness (QED) is 0.458. The third-order valence-electron chi connectivity index (χ3n) is 2.52. The van der Waals surface area contributed by atoms with Gasteiger partial charge in [0.25, 0.3) is 0 Å². The lowest BCUT2D eigenvalue weighted by Gasteiger charge is -2.25. The van der Waals surface area contributed by atoms with Crippen LogP contribution < -0.4 is 0 Å². The Morgan fingerprint density at radius 1 is 1.75 bits per heavy atom. The van der Waals surface area contributed by atoms with E-state index in [0.717, 1.165) is 0 Å². The Hall–Kier alpha value is -0.495. The lowest BCUT2D eigenvalue weighted by molar-refractivity contribution is 0.0409. The van der Waals surface area contributed by atoms with Crippen molar-refractivity contribution in [3.05, 3.63) is 18.4 Å². The van der Waals surface area contributed by atoms with Crippen molar-refractivity contribution in [2.45, 2.75) is 24.8 Å². The van der Waals surface area contributed by atoms with Gasteiger partial charge in [-0.1, -0.05) is 12.4 Å². The minimum atomic E-state index is -0.596. The Balaban J connectivity index is 2.85. The zero-order valence-electron chi connectivity index (χ0n) is 7.03. The molecule has 0 bridgehead atoms. The van der Waals surface area contributed by atoms with Gasteiger partial charge in [0.15, 0.2) is 0 Å². The van der Waals surface area contributed by atoms with Crippen LogP contribution in [0.4, 0.5) is 0 Å². The average molecular weight is 164 g/mol. The number of aliphatic hydroxyl groups excluding tert-OH is 2. The molecule has 0 aromatic heterocycles. The van der Waals surface area contributed by atoms with E-state index >= 15 is 0 Å². The van der Waals surface area contributed by atoms with Crippen LogP contribution in [0.3, 0.4) is 0 Å². The van der Waals surface area contributed by atoms with E-state index in [1.54, 1.807) is 6.08 Å². The Morgan fingerprint density at radius 3 is 2.75 bits per heavy atom. The van der Waals surface area contributed by atoms with Crippen LogP contribution in [0.2, 0.25) is 5.82 Å². The van der Waals surface area contributed by atoms with Crippen LogP contribution in [0.25, 0.3) is 0 Å². The van der Waals surface area contributed by atoms with E-state index in [0.29, 0.717) is 12.8 Å². The van der Waals surface area contributed by atoms with E-state index in [1.165, 1.54) is 0 Å². The third kappa shape index (κ3) is 1.49. The zero-order valence-corrected chi connectivity index (χ0v) is 7.03. The lowest BCUT2D eigenvalue weighted by Crippen LogP contribution is -2.31. The smallest absolute Gasteiger partial charge is 0.0701 e. The molecule has 0 amide bonds. The van der Waals surface area contributed by atoms with Gasteiger partial charge in [-0.25, -0.2) is 0 Å². The summed E-state index contributed by atoms with van der Waals surface area (Å²) in [5.41, 5.74) is 2.01.